The van der Waals surface area contributed by atoms with Crippen molar-refractivity contribution >= 4 is 5.91 Å². The first-order chi connectivity index (χ1) is 7.03. The number of nitrogens with one attached hydrogen (secondary N) is 1. The van der Waals surface area contributed by atoms with E-state index in [0.29, 0.717) is 13.0 Å². The van der Waals surface area contributed by atoms with Gasteiger partial charge in [-0.3, -0.25) is 9.48 Å². The number of carbonyl (C=O) groups is 1. The van der Waals surface area contributed by atoms with Crippen LogP contribution in [0.5, 0.6) is 0 Å². The molecule has 15 heavy (non-hydrogen) atoms. The van der Waals surface area contributed by atoms with E-state index in [1.165, 1.54) is 6.33 Å². The molecule has 0 spiro atoms. The van der Waals surface area contributed by atoms with Crippen molar-refractivity contribution in [2.24, 2.45) is 0 Å². The van der Waals surface area contributed by atoms with Gasteiger partial charge in [-0.1, -0.05) is 6.92 Å². The zero-order chi connectivity index (χ0) is 11.3. The van der Waals surface area contributed by atoms with Crippen molar-refractivity contribution in [1.29, 1.82) is 0 Å². The minimum atomic E-state index is -0.126. The molecule has 1 N–H and O–H groups in total. The highest BCUT2D eigenvalue weighted by atomic mass is 16.1. The Morgan fingerprint density at radius 3 is 2.80 bits per heavy atom. The Labute approximate surface area is 89.9 Å². The number of aryl methyl sites for hydroxylation is 1. The van der Waals surface area contributed by atoms with E-state index in [1.54, 1.807) is 11.0 Å². The van der Waals surface area contributed by atoms with Crippen molar-refractivity contribution in [3.8, 4) is 0 Å². The summed E-state index contributed by atoms with van der Waals surface area (Å²) < 4.78 is 1.65. The van der Waals surface area contributed by atoms with Crippen LogP contribution in [0.1, 0.15) is 33.6 Å². The lowest BCUT2D eigenvalue weighted by molar-refractivity contribution is -0.123. The van der Waals surface area contributed by atoms with E-state index in [9.17, 15) is 4.79 Å². The minimum absolute atomic E-state index is 0.0531. The number of aromatic nitrogens is 3. The summed E-state index contributed by atoms with van der Waals surface area (Å²) in [5.41, 5.74) is -0.126. The maximum atomic E-state index is 11.5. The summed E-state index contributed by atoms with van der Waals surface area (Å²) in [6, 6.07) is 0. The molecule has 0 aromatic carbocycles. The Bertz CT molecular complexity index is 305. The van der Waals surface area contributed by atoms with E-state index in [0.717, 1.165) is 6.42 Å². The van der Waals surface area contributed by atoms with Crippen molar-refractivity contribution < 1.29 is 4.79 Å². The summed E-state index contributed by atoms with van der Waals surface area (Å²) >= 11 is 0. The van der Waals surface area contributed by atoms with Gasteiger partial charge in [0.2, 0.25) is 5.91 Å². The first kappa shape index (κ1) is 11.7. The number of amides is 1. The van der Waals surface area contributed by atoms with Crippen LogP contribution < -0.4 is 5.32 Å². The lowest BCUT2D eigenvalue weighted by atomic mass is 10.0. The van der Waals surface area contributed by atoms with Gasteiger partial charge in [0.25, 0.3) is 0 Å². The lowest BCUT2D eigenvalue weighted by Crippen LogP contribution is -2.43. The number of hydrogen-bond donors (Lipinski definition) is 1. The van der Waals surface area contributed by atoms with E-state index in [2.05, 4.69) is 22.3 Å². The molecule has 1 rings (SSSR count). The van der Waals surface area contributed by atoms with Crippen molar-refractivity contribution in [3.05, 3.63) is 12.7 Å². The largest absolute Gasteiger partial charge is 0.351 e. The predicted octanol–water partition coefficient (Wildman–Crippen LogP) is 0.973. The van der Waals surface area contributed by atoms with Gasteiger partial charge in [0, 0.05) is 12.0 Å². The first-order valence-corrected chi connectivity index (χ1v) is 5.17. The van der Waals surface area contributed by atoms with Gasteiger partial charge < -0.3 is 5.32 Å². The third-order valence-corrected chi connectivity index (χ3v) is 2.40. The van der Waals surface area contributed by atoms with Gasteiger partial charge in [0.1, 0.15) is 12.7 Å². The smallest absolute Gasteiger partial charge is 0.222 e. The molecule has 0 saturated carbocycles. The molecular weight excluding hydrogens is 192 g/mol. The average molecular weight is 210 g/mol. The topological polar surface area (TPSA) is 59.8 Å². The molecule has 1 aromatic rings. The Morgan fingerprint density at radius 1 is 1.53 bits per heavy atom. The molecule has 5 nitrogen and oxygen atoms in total. The molecule has 0 atom stereocenters. The average Bonchev–Trinajstić information content (AvgIpc) is 2.66. The van der Waals surface area contributed by atoms with Gasteiger partial charge >= 0.3 is 0 Å². The highest BCUT2D eigenvalue weighted by Gasteiger charge is 2.17. The van der Waals surface area contributed by atoms with Crippen LogP contribution in [0.2, 0.25) is 0 Å². The molecule has 5 heteroatoms. The SMILES string of the molecule is CCC(C)(C)NC(=O)CCn1cncn1. The lowest BCUT2D eigenvalue weighted by Gasteiger charge is -2.24. The highest BCUT2D eigenvalue weighted by molar-refractivity contribution is 5.76. The van der Waals surface area contributed by atoms with Crippen LogP contribution in [-0.2, 0) is 11.3 Å². The van der Waals surface area contributed by atoms with Crippen molar-refractivity contribution in [2.45, 2.75) is 45.7 Å². The molecule has 0 radical (unpaired) electrons. The maximum absolute atomic E-state index is 11.5. The third-order valence-electron chi connectivity index (χ3n) is 2.40. The molecule has 0 aliphatic rings. The molecule has 0 aliphatic heterocycles. The third kappa shape index (κ3) is 4.10. The van der Waals surface area contributed by atoms with Crippen LogP contribution in [0.25, 0.3) is 0 Å². The first-order valence-electron chi connectivity index (χ1n) is 5.17. The Morgan fingerprint density at radius 2 is 2.27 bits per heavy atom. The second kappa shape index (κ2) is 4.91. The van der Waals surface area contributed by atoms with Gasteiger partial charge in [-0.05, 0) is 20.3 Å². The molecule has 0 aliphatic carbocycles. The monoisotopic (exact) mass is 210 g/mol. The van der Waals surface area contributed by atoms with Gasteiger partial charge in [0.15, 0.2) is 0 Å². The van der Waals surface area contributed by atoms with E-state index in [1.807, 2.05) is 13.8 Å². The number of nitrogens with zero attached hydrogens (tertiary/aromatic N) is 3. The summed E-state index contributed by atoms with van der Waals surface area (Å²) in [6.07, 6.45) is 4.43. The molecule has 1 aromatic heterocycles. The van der Waals surface area contributed by atoms with Crippen LogP contribution in [0.3, 0.4) is 0 Å². The number of rotatable bonds is 5. The zero-order valence-corrected chi connectivity index (χ0v) is 9.53. The van der Waals surface area contributed by atoms with E-state index < -0.39 is 0 Å². The molecule has 0 unspecified atom stereocenters. The van der Waals surface area contributed by atoms with Crippen molar-refractivity contribution in [3.63, 3.8) is 0 Å². The zero-order valence-electron chi connectivity index (χ0n) is 9.53. The molecule has 0 fully saturated rings. The van der Waals surface area contributed by atoms with Gasteiger partial charge in [-0.2, -0.15) is 5.10 Å². The van der Waals surface area contributed by atoms with Crippen molar-refractivity contribution in [2.75, 3.05) is 0 Å². The second-order valence-corrected chi connectivity index (χ2v) is 4.19. The quantitative estimate of drug-likeness (QED) is 0.788. The molecule has 0 bridgehead atoms. The van der Waals surface area contributed by atoms with Gasteiger partial charge in [-0.25, -0.2) is 4.98 Å². The Kier molecular flexibility index (Phi) is 3.82. The summed E-state index contributed by atoms with van der Waals surface area (Å²) in [5, 5.41) is 6.90. The fourth-order valence-corrected chi connectivity index (χ4v) is 1.09. The standard InChI is InChI=1S/C10H18N4O/c1-4-10(2,3)13-9(15)5-6-14-8-11-7-12-14/h7-8H,4-6H2,1-3H3,(H,13,15). The van der Waals surface area contributed by atoms with Gasteiger partial charge in [0.05, 0.1) is 6.54 Å². The Hall–Kier alpha value is -1.39. The molecule has 1 amide bonds. The Balaban J connectivity index is 2.31. The molecular formula is C10H18N4O. The normalized spacial score (nSPS) is 11.4. The molecule has 1 heterocycles. The predicted molar refractivity (Wildman–Crippen MR) is 57.2 cm³/mol. The number of hydrogen-bond acceptors (Lipinski definition) is 3. The fourth-order valence-electron chi connectivity index (χ4n) is 1.09. The second-order valence-electron chi connectivity index (χ2n) is 4.19. The van der Waals surface area contributed by atoms with Crippen LogP contribution >= 0.6 is 0 Å². The minimum Gasteiger partial charge on any atom is -0.351 e. The van der Waals surface area contributed by atoms with Crippen LogP contribution in [-0.4, -0.2) is 26.2 Å². The van der Waals surface area contributed by atoms with Crippen LogP contribution in [0.4, 0.5) is 0 Å². The summed E-state index contributed by atoms with van der Waals surface area (Å²) in [5.74, 6) is 0.0531. The molecule has 0 saturated heterocycles. The van der Waals surface area contributed by atoms with Crippen LogP contribution in [0, 0.1) is 0 Å². The van der Waals surface area contributed by atoms with E-state index >= 15 is 0 Å². The van der Waals surface area contributed by atoms with E-state index in [4.69, 9.17) is 0 Å². The fraction of sp³-hybridized carbons (Fsp3) is 0.700. The maximum Gasteiger partial charge on any atom is 0.222 e. The van der Waals surface area contributed by atoms with Crippen molar-refractivity contribution in [1.82, 2.24) is 20.1 Å². The van der Waals surface area contributed by atoms with E-state index in [-0.39, 0.29) is 11.4 Å². The summed E-state index contributed by atoms with van der Waals surface area (Å²) in [6.45, 7) is 6.66. The van der Waals surface area contributed by atoms with Gasteiger partial charge in [-0.15, -0.1) is 0 Å². The van der Waals surface area contributed by atoms with Crippen LogP contribution in [0.15, 0.2) is 12.7 Å². The summed E-state index contributed by atoms with van der Waals surface area (Å²) in [4.78, 5) is 15.4. The summed E-state index contributed by atoms with van der Waals surface area (Å²) in [7, 11) is 0. The molecule has 84 valence electrons. The number of carbonyl (C=O) groups excluding carboxylic acids is 1. The highest BCUT2D eigenvalue weighted by Crippen LogP contribution is 2.06.